The van der Waals surface area contributed by atoms with Crippen molar-refractivity contribution in [3.05, 3.63) is 284 Å². The first kappa shape index (κ1) is 106. The van der Waals surface area contributed by atoms with E-state index < -0.39 is 282 Å². The molecule has 8 aromatic carbocycles. The number of aromatic nitrogens is 3. The van der Waals surface area contributed by atoms with Gasteiger partial charge in [0.15, 0.2) is 139 Å². The Balaban J connectivity index is 0.000000230. The van der Waals surface area contributed by atoms with E-state index in [0.717, 1.165) is 66.8 Å². The SMILES string of the molecule is C#C/C(C#N)=c1\c(F)c(F)c2c(F)c(=C(C#N)C#N)c(F)c(F)c2c1F.C#Cc1c(F)c(F)c(C(C#N)=C2C(=C(C#N)c3c(F)c(F)c(C#N)c(F)c3F)C2=C(C#N)c2c(F)c(F)c(C#N)c(F)c2F)c(F)c1F.C#Cc1nc2c(cc1C#N)c1nc(C#N)c(C#N)cc1c1cc(C#N)c(C#N)nc12.C/C(C#N)=c1\c(F)c(C#N)/c(=C(/C)C#N)c(F)c1C#N.N#CC(C#N)=c1c(F)c(F)c(=C(C#N)C#N)c(F)c1F. The number of rotatable bonds is 3. The van der Waals surface area contributed by atoms with Gasteiger partial charge in [-0.15, -0.1) is 19.3 Å². The monoisotopic (exact) mass is 1960 g/mol. The minimum Gasteiger partial charge on any atom is -0.236 e. The molecule has 0 saturated heterocycles. The molecular formula is C96H12F24N24. The molecule has 144 heavy (non-hydrogen) atoms. The summed E-state index contributed by atoms with van der Waals surface area (Å²) in [5, 5.41) is 180. The van der Waals surface area contributed by atoms with Crippen LogP contribution in [0.4, 0.5) is 105 Å². The lowest BCUT2D eigenvalue weighted by atomic mass is 9.98. The molecule has 1 saturated carbocycles. The van der Waals surface area contributed by atoms with Gasteiger partial charge in [0.05, 0.1) is 116 Å². The number of hydrogen-bond acceptors (Lipinski definition) is 24. The highest BCUT2D eigenvalue weighted by molar-refractivity contribution is 6.23. The zero-order chi connectivity index (χ0) is 108. The molecule has 0 amide bonds. The van der Waals surface area contributed by atoms with E-state index in [2.05, 4.69) is 20.9 Å². The normalized spacial score (nSPS) is 11.6. The maximum Gasteiger partial charge on any atom is 0.180 e. The van der Waals surface area contributed by atoms with Crippen molar-refractivity contribution in [2.45, 2.75) is 13.8 Å². The van der Waals surface area contributed by atoms with Crippen LogP contribution in [0.3, 0.4) is 0 Å². The maximum absolute atomic E-state index is 15.1. The average Bonchev–Trinajstić information content (AvgIpc) is 1.53. The summed E-state index contributed by atoms with van der Waals surface area (Å²) < 4.78 is 346. The molecule has 0 unspecified atom stereocenters. The Morgan fingerprint density at radius 1 is 0.222 bits per heavy atom. The molecule has 1 aliphatic rings. The Bertz CT molecular complexity index is 8610. The second-order valence-electron chi connectivity index (χ2n) is 26.7. The quantitative estimate of drug-likeness (QED) is 0.0521. The predicted molar refractivity (Wildman–Crippen MR) is 432 cm³/mol. The van der Waals surface area contributed by atoms with Crippen molar-refractivity contribution in [2.75, 3.05) is 0 Å². The molecule has 3 aromatic heterocycles. The molecule has 0 spiro atoms. The largest absolute Gasteiger partial charge is 0.236 e. The maximum atomic E-state index is 15.1. The second-order valence-corrected chi connectivity index (χ2v) is 26.7. The number of benzene rings is 8. The van der Waals surface area contributed by atoms with Crippen molar-refractivity contribution in [1.82, 2.24) is 15.0 Å². The van der Waals surface area contributed by atoms with Crippen LogP contribution in [0.25, 0.3) is 93.6 Å². The van der Waals surface area contributed by atoms with Crippen LogP contribution in [0.15, 0.2) is 34.9 Å². The zero-order valence-corrected chi connectivity index (χ0v) is 69.3. The molecule has 0 bridgehead atoms. The fourth-order valence-corrected chi connectivity index (χ4v) is 13.1. The molecule has 11 aromatic rings. The zero-order valence-electron chi connectivity index (χ0n) is 69.3. The summed E-state index contributed by atoms with van der Waals surface area (Å²) in [5.74, 6) is -47.3. The molecule has 0 N–H and O–H groups in total. The van der Waals surface area contributed by atoms with Gasteiger partial charge >= 0.3 is 0 Å². The molecule has 12 rings (SSSR count). The summed E-state index contributed by atoms with van der Waals surface area (Å²) >= 11 is 0. The number of halogens is 24. The fraction of sp³-hybridized carbons (Fsp3) is 0.0208. The minimum atomic E-state index is -2.52. The number of terminal acetylenes is 3. The molecule has 0 radical (unpaired) electrons. The van der Waals surface area contributed by atoms with E-state index in [1.807, 2.05) is 30.3 Å². The first-order valence-electron chi connectivity index (χ1n) is 36.4. The number of nitriles is 21. The van der Waals surface area contributed by atoms with E-state index in [1.54, 1.807) is 18.1 Å². The lowest BCUT2D eigenvalue weighted by Gasteiger charge is -2.11. The van der Waals surface area contributed by atoms with Crippen LogP contribution < -0.4 is 31.3 Å². The van der Waals surface area contributed by atoms with Crippen molar-refractivity contribution >= 4 is 93.6 Å². The number of allylic oxidation sites excluding steroid dienone is 6. The van der Waals surface area contributed by atoms with E-state index in [4.69, 9.17) is 87.7 Å². The first-order chi connectivity index (χ1) is 68.3. The van der Waals surface area contributed by atoms with Crippen LogP contribution in [0.5, 0.6) is 0 Å². The Morgan fingerprint density at radius 2 is 0.472 bits per heavy atom. The summed E-state index contributed by atoms with van der Waals surface area (Å²) in [5.41, 5.74) is -26.6. The minimum absolute atomic E-state index is 0.0411. The topological polar surface area (TPSA) is 538 Å². The van der Waals surface area contributed by atoms with Gasteiger partial charge in [-0.3, -0.25) is 0 Å². The molecule has 0 aliphatic heterocycles. The Labute approximate surface area is 783 Å². The van der Waals surface area contributed by atoms with E-state index in [-0.39, 0.29) is 56.0 Å². The Hall–Kier alpha value is -23.0. The van der Waals surface area contributed by atoms with Crippen LogP contribution >= 0.6 is 0 Å². The Kier molecular flexibility index (Phi) is 31.7. The number of pyridine rings is 3. The van der Waals surface area contributed by atoms with Gasteiger partial charge < -0.3 is 0 Å². The van der Waals surface area contributed by atoms with Gasteiger partial charge in [-0.25, -0.2) is 120 Å². The summed E-state index contributed by atoms with van der Waals surface area (Å²) in [6, 6.07) is 32.3. The van der Waals surface area contributed by atoms with Gasteiger partial charge in [0.2, 0.25) is 0 Å². The van der Waals surface area contributed by atoms with E-state index in [9.17, 15) is 121 Å². The van der Waals surface area contributed by atoms with Crippen molar-refractivity contribution < 1.29 is 105 Å². The number of hydrogen-bond donors (Lipinski definition) is 0. The van der Waals surface area contributed by atoms with Crippen LogP contribution in [0.1, 0.15) is 92.1 Å². The lowest BCUT2D eigenvalue weighted by molar-refractivity contribution is 0.434. The number of fused-ring (bicyclic) bond motifs is 7. The van der Waals surface area contributed by atoms with Gasteiger partial charge in [-0.05, 0) is 38.0 Å². The summed E-state index contributed by atoms with van der Waals surface area (Å²) in [7, 11) is 0. The molecule has 3 heterocycles. The molecule has 24 nitrogen and oxygen atoms in total. The average molecular weight is 1960 g/mol. The van der Waals surface area contributed by atoms with Crippen LogP contribution in [-0.2, 0) is 0 Å². The summed E-state index contributed by atoms with van der Waals surface area (Å²) in [4.78, 5) is 13.0. The summed E-state index contributed by atoms with van der Waals surface area (Å²) in [6.45, 7) is 2.42. The highest BCUT2D eigenvalue weighted by Crippen LogP contribution is 2.58. The first-order valence-corrected chi connectivity index (χ1v) is 36.4. The van der Waals surface area contributed by atoms with Gasteiger partial charge in [-0.1, -0.05) is 11.8 Å². The molecule has 1 fully saturated rings. The second kappa shape index (κ2) is 42.9. The third kappa shape index (κ3) is 17.6. The van der Waals surface area contributed by atoms with Gasteiger partial charge in [0, 0.05) is 54.5 Å². The van der Waals surface area contributed by atoms with E-state index in [1.165, 1.54) is 56.2 Å². The molecule has 684 valence electrons. The molecule has 1 aliphatic carbocycles. The predicted octanol–water partition coefficient (Wildman–Crippen LogP) is 13.9. The van der Waals surface area contributed by atoms with Crippen LogP contribution in [0.2, 0.25) is 0 Å². The van der Waals surface area contributed by atoms with Gasteiger partial charge in [0.25, 0.3) is 0 Å². The standard InChI is InChI=1S/C31HF12N5.C22H4N8.C17HF6N3.C14H6F2N4.C12F4N4/c1-2-8-20(32)26(38)17(27(39)21(8)33)9(3-44)14-15(10(4-45)18-28(40)22(34)12(6-47)23(35)29(18)41)16(14)11(5-46)19-30(42)24(36)13(7-48)25(37)31(19)43;1-2-17-11(6-23)5-16-20-14(3-12(7-24)18(9-26)29-20)15-4-13(8-25)19(10-27)30-21(15)22(16)28-17;1-2-6(3-24)8-12(18)10-11(16(22)14(8)20)13(19)9(7(4-25)5-26)15(21)17(10)23;1-7(3-17)11-9(5-19)14(16)12(8(2)4-18)10(6-20)13(11)15;13-9-7(5(1-17)2-18)10(14)12(16)8(11(9)15)6(3-19)4-20/h1H;1,3-5H;1H;1-2H3;/b;;8-6+;11-7+,12-8+;. The van der Waals surface area contributed by atoms with Gasteiger partial charge in [-0.2, -0.15) is 110 Å². The molecule has 0 atom stereocenters. The van der Waals surface area contributed by atoms with Gasteiger partial charge in [0.1, 0.15) is 177 Å². The smallest absolute Gasteiger partial charge is 0.180 e. The van der Waals surface area contributed by atoms with E-state index >= 15 is 26.3 Å². The third-order valence-corrected chi connectivity index (χ3v) is 19.5. The third-order valence-electron chi connectivity index (χ3n) is 19.5. The van der Waals surface area contributed by atoms with Crippen molar-refractivity contribution in [3.8, 4) is 164 Å². The Morgan fingerprint density at radius 3 is 0.729 bits per heavy atom. The summed E-state index contributed by atoms with van der Waals surface area (Å²) in [6.07, 6.45) is 15.2. The molecular weight excluding hydrogens is 1950 g/mol. The highest BCUT2D eigenvalue weighted by atomic mass is 19.2. The van der Waals surface area contributed by atoms with Crippen LogP contribution in [-0.4, -0.2) is 15.0 Å². The van der Waals surface area contributed by atoms with Crippen molar-refractivity contribution in [2.24, 2.45) is 0 Å². The lowest BCUT2D eigenvalue weighted by Crippen LogP contribution is -2.31. The van der Waals surface area contributed by atoms with E-state index in [0.29, 0.717) is 21.7 Å². The molecule has 48 heteroatoms. The van der Waals surface area contributed by atoms with Crippen molar-refractivity contribution in [1.29, 1.82) is 110 Å². The highest BCUT2D eigenvalue weighted by Gasteiger charge is 2.47. The number of nitrogens with zero attached hydrogens (tertiary/aromatic N) is 24. The van der Waals surface area contributed by atoms with Crippen LogP contribution in [0, 0.1) is 415 Å². The van der Waals surface area contributed by atoms with Crippen molar-refractivity contribution in [3.63, 3.8) is 0 Å². The fourth-order valence-electron chi connectivity index (χ4n) is 13.1.